The van der Waals surface area contributed by atoms with Gasteiger partial charge in [0.2, 0.25) is 11.8 Å². The van der Waals surface area contributed by atoms with Crippen LogP contribution in [-0.2, 0) is 9.59 Å². The number of fused-ring (bicyclic) bond motifs is 1. The van der Waals surface area contributed by atoms with Gasteiger partial charge in [-0.3, -0.25) is 9.59 Å². The van der Waals surface area contributed by atoms with Gasteiger partial charge in [-0.2, -0.15) is 0 Å². The molecule has 6 heteroatoms. The van der Waals surface area contributed by atoms with Crippen molar-refractivity contribution in [2.45, 2.75) is 47.5 Å². The van der Waals surface area contributed by atoms with Crippen LogP contribution in [0.4, 0.5) is 5.13 Å². The van der Waals surface area contributed by atoms with E-state index >= 15 is 0 Å². The maximum absolute atomic E-state index is 12.7. The van der Waals surface area contributed by atoms with Crippen molar-refractivity contribution in [1.82, 2.24) is 9.88 Å². The van der Waals surface area contributed by atoms with Crippen molar-refractivity contribution in [3.05, 3.63) is 23.3 Å². The molecule has 0 radical (unpaired) electrons. The summed E-state index contributed by atoms with van der Waals surface area (Å²) in [7, 11) is 0. The molecular formula is C20H27N3O2S. The van der Waals surface area contributed by atoms with E-state index < -0.39 is 5.41 Å². The summed E-state index contributed by atoms with van der Waals surface area (Å²) in [6.07, 6.45) is 1.67. The Labute approximate surface area is 158 Å². The number of benzene rings is 1. The lowest BCUT2D eigenvalue weighted by Gasteiger charge is -2.35. The summed E-state index contributed by atoms with van der Waals surface area (Å²) in [6.45, 7) is 11.1. The molecule has 1 fully saturated rings. The third-order valence-electron chi connectivity index (χ3n) is 4.78. The molecule has 0 spiro atoms. The van der Waals surface area contributed by atoms with Crippen LogP contribution in [0.2, 0.25) is 0 Å². The van der Waals surface area contributed by atoms with Gasteiger partial charge in [-0.25, -0.2) is 4.98 Å². The van der Waals surface area contributed by atoms with E-state index in [0.29, 0.717) is 11.7 Å². The van der Waals surface area contributed by atoms with Gasteiger partial charge >= 0.3 is 0 Å². The molecule has 140 valence electrons. The molecule has 2 heterocycles. The minimum atomic E-state index is -0.416. The molecule has 2 aromatic rings. The number of piperidine rings is 1. The molecular weight excluding hydrogens is 346 g/mol. The minimum Gasteiger partial charge on any atom is -0.341 e. The summed E-state index contributed by atoms with van der Waals surface area (Å²) < 4.78 is 1.09. The summed E-state index contributed by atoms with van der Waals surface area (Å²) >= 11 is 1.51. The molecule has 1 saturated heterocycles. The van der Waals surface area contributed by atoms with E-state index in [-0.39, 0.29) is 17.7 Å². The van der Waals surface area contributed by atoms with Gasteiger partial charge in [-0.15, -0.1) is 0 Å². The van der Waals surface area contributed by atoms with Gasteiger partial charge in [0.15, 0.2) is 5.13 Å². The predicted molar refractivity (Wildman–Crippen MR) is 106 cm³/mol. The quantitative estimate of drug-likeness (QED) is 0.861. The highest BCUT2D eigenvalue weighted by atomic mass is 32.1. The molecule has 1 aromatic carbocycles. The molecule has 1 aliphatic rings. The summed E-state index contributed by atoms with van der Waals surface area (Å²) in [6, 6.07) is 4.20. The Bertz CT molecular complexity index is 851. The molecule has 1 aromatic heterocycles. The van der Waals surface area contributed by atoms with Gasteiger partial charge in [0.05, 0.1) is 16.1 Å². The first-order valence-corrected chi connectivity index (χ1v) is 9.95. The van der Waals surface area contributed by atoms with Crippen molar-refractivity contribution in [2.24, 2.45) is 11.3 Å². The number of aryl methyl sites for hydroxylation is 2. The standard InChI is InChI=1S/C20H27N3O2S/c1-12-9-13(2)16-15(10-12)26-19(21-16)22-17(24)14-7-6-8-23(11-14)18(25)20(3,4)5/h9-10,14H,6-8,11H2,1-5H3,(H,21,22,24). The van der Waals surface area contributed by atoms with E-state index in [9.17, 15) is 9.59 Å². The second-order valence-corrected chi connectivity index (χ2v) is 9.31. The zero-order valence-corrected chi connectivity index (χ0v) is 17.0. The Hall–Kier alpha value is -1.95. The van der Waals surface area contributed by atoms with Crippen molar-refractivity contribution in [1.29, 1.82) is 0 Å². The molecule has 0 saturated carbocycles. The number of carbonyl (C=O) groups excluding carboxylic acids is 2. The number of nitrogens with zero attached hydrogens (tertiary/aromatic N) is 2. The van der Waals surface area contributed by atoms with Gasteiger partial charge < -0.3 is 10.2 Å². The number of carbonyl (C=O) groups is 2. The zero-order valence-electron chi connectivity index (χ0n) is 16.2. The van der Waals surface area contributed by atoms with E-state index in [1.807, 2.05) is 32.6 Å². The average Bonchev–Trinajstić information content (AvgIpc) is 2.96. The number of hydrogen-bond acceptors (Lipinski definition) is 4. The van der Waals surface area contributed by atoms with E-state index in [2.05, 4.69) is 29.4 Å². The van der Waals surface area contributed by atoms with Crippen molar-refractivity contribution >= 4 is 38.5 Å². The van der Waals surface area contributed by atoms with E-state index in [1.165, 1.54) is 16.9 Å². The number of anilines is 1. The van der Waals surface area contributed by atoms with Crippen LogP contribution in [0.5, 0.6) is 0 Å². The largest absolute Gasteiger partial charge is 0.341 e. The van der Waals surface area contributed by atoms with Crippen molar-refractivity contribution in [3.63, 3.8) is 0 Å². The van der Waals surface area contributed by atoms with Crippen LogP contribution in [0.1, 0.15) is 44.7 Å². The summed E-state index contributed by atoms with van der Waals surface area (Å²) in [5.74, 6) is -0.101. The molecule has 0 aliphatic carbocycles. The Morgan fingerprint density at radius 3 is 2.69 bits per heavy atom. The van der Waals surface area contributed by atoms with Crippen LogP contribution in [0, 0.1) is 25.2 Å². The van der Waals surface area contributed by atoms with Gasteiger partial charge in [-0.05, 0) is 43.9 Å². The number of hydrogen-bond donors (Lipinski definition) is 1. The molecule has 5 nitrogen and oxygen atoms in total. The number of thiazole rings is 1. The van der Waals surface area contributed by atoms with Gasteiger partial charge in [0.1, 0.15) is 0 Å². The fourth-order valence-corrected chi connectivity index (χ4v) is 4.53. The van der Waals surface area contributed by atoms with Crippen LogP contribution in [0.25, 0.3) is 10.2 Å². The van der Waals surface area contributed by atoms with Crippen LogP contribution in [0.15, 0.2) is 12.1 Å². The second kappa shape index (κ2) is 6.99. The molecule has 0 bridgehead atoms. The summed E-state index contributed by atoms with van der Waals surface area (Å²) in [5, 5.41) is 3.61. The van der Waals surface area contributed by atoms with Crippen LogP contribution in [-0.4, -0.2) is 34.8 Å². The Balaban J connectivity index is 1.72. The van der Waals surface area contributed by atoms with Crippen LogP contribution < -0.4 is 5.32 Å². The fraction of sp³-hybridized carbons (Fsp3) is 0.550. The monoisotopic (exact) mass is 373 g/mol. The fourth-order valence-electron chi connectivity index (χ4n) is 3.48. The highest BCUT2D eigenvalue weighted by molar-refractivity contribution is 7.22. The first-order chi connectivity index (χ1) is 12.1. The van der Waals surface area contributed by atoms with Crippen molar-refractivity contribution in [2.75, 3.05) is 18.4 Å². The topological polar surface area (TPSA) is 62.3 Å². The molecule has 1 unspecified atom stereocenters. The maximum Gasteiger partial charge on any atom is 0.231 e. The molecule has 1 aliphatic heterocycles. The highest BCUT2D eigenvalue weighted by Gasteiger charge is 2.33. The number of nitrogens with one attached hydrogen (secondary N) is 1. The van der Waals surface area contributed by atoms with E-state index in [4.69, 9.17) is 0 Å². The maximum atomic E-state index is 12.7. The first-order valence-electron chi connectivity index (χ1n) is 9.13. The molecule has 3 rings (SSSR count). The third kappa shape index (κ3) is 3.90. The second-order valence-electron chi connectivity index (χ2n) is 8.28. The smallest absolute Gasteiger partial charge is 0.231 e. The summed E-state index contributed by atoms with van der Waals surface area (Å²) in [4.78, 5) is 31.7. The number of aromatic nitrogens is 1. The lowest BCUT2D eigenvalue weighted by atomic mass is 9.91. The predicted octanol–water partition coefficient (Wildman–Crippen LogP) is 4.14. The van der Waals surface area contributed by atoms with E-state index in [0.717, 1.165) is 35.2 Å². The SMILES string of the molecule is Cc1cc(C)c2nc(NC(=O)C3CCCN(C(=O)C(C)(C)C)C3)sc2c1. The van der Waals surface area contributed by atoms with Gasteiger partial charge in [-0.1, -0.05) is 38.2 Å². The number of likely N-dealkylation sites (tertiary alicyclic amines) is 1. The third-order valence-corrected chi connectivity index (χ3v) is 5.70. The lowest BCUT2D eigenvalue weighted by Crippen LogP contribution is -2.47. The molecule has 26 heavy (non-hydrogen) atoms. The summed E-state index contributed by atoms with van der Waals surface area (Å²) in [5.41, 5.74) is 2.85. The van der Waals surface area contributed by atoms with Gasteiger partial charge in [0, 0.05) is 18.5 Å². The number of rotatable bonds is 2. The Morgan fingerprint density at radius 2 is 2.00 bits per heavy atom. The molecule has 1 N–H and O–H groups in total. The number of amides is 2. The molecule has 2 amide bonds. The average molecular weight is 374 g/mol. The van der Waals surface area contributed by atoms with Crippen LogP contribution >= 0.6 is 11.3 Å². The van der Waals surface area contributed by atoms with Crippen LogP contribution in [0.3, 0.4) is 0 Å². The highest BCUT2D eigenvalue weighted by Crippen LogP contribution is 2.30. The first kappa shape index (κ1) is 18.8. The zero-order chi connectivity index (χ0) is 19.1. The van der Waals surface area contributed by atoms with E-state index in [1.54, 1.807) is 0 Å². The minimum absolute atomic E-state index is 0.0372. The Kier molecular flexibility index (Phi) is 5.06. The molecule has 1 atom stereocenters. The van der Waals surface area contributed by atoms with Gasteiger partial charge in [0.25, 0.3) is 0 Å². The lowest BCUT2D eigenvalue weighted by molar-refractivity contribution is -0.142. The van der Waals surface area contributed by atoms with Crippen molar-refractivity contribution in [3.8, 4) is 0 Å². The normalized spacial score (nSPS) is 18.2. The Morgan fingerprint density at radius 1 is 1.27 bits per heavy atom. The van der Waals surface area contributed by atoms with Crippen molar-refractivity contribution < 1.29 is 9.59 Å².